The van der Waals surface area contributed by atoms with Crippen LogP contribution in [-0.4, -0.2) is 14.7 Å². The summed E-state index contributed by atoms with van der Waals surface area (Å²) >= 11 is 1.69. The van der Waals surface area contributed by atoms with E-state index in [-0.39, 0.29) is 11.3 Å². The number of para-hydroxylation sites is 1. The molecule has 2 aromatic heterocycles. The Kier molecular flexibility index (Phi) is 5.57. The molecule has 0 fully saturated rings. The third-order valence-electron chi connectivity index (χ3n) is 4.39. The summed E-state index contributed by atoms with van der Waals surface area (Å²) in [5.41, 5.74) is 2.11. The van der Waals surface area contributed by atoms with Crippen molar-refractivity contribution in [2.24, 2.45) is 5.92 Å². The summed E-state index contributed by atoms with van der Waals surface area (Å²) in [7, 11) is 0. The molecule has 0 aliphatic carbocycles. The molecule has 0 atom stereocenters. The fourth-order valence-corrected chi connectivity index (χ4v) is 3.79. The van der Waals surface area contributed by atoms with E-state index in [0.29, 0.717) is 30.3 Å². The first-order valence-corrected chi connectivity index (χ1v) is 9.76. The topological polar surface area (TPSA) is 55.1 Å². The lowest BCUT2D eigenvalue weighted by Crippen LogP contribution is -2.29. The molecule has 3 rings (SSSR count). The largest absolute Gasteiger partial charge is 0.507 e. The molecule has 0 radical (unpaired) electrons. The lowest BCUT2D eigenvalue weighted by molar-refractivity contribution is 0.475. The Hall–Kier alpha value is -2.40. The average molecular weight is 369 g/mol. The van der Waals surface area contributed by atoms with Gasteiger partial charge in [-0.25, -0.2) is 4.98 Å². The molecule has 26 heavy (non-hydrogen) atoms. The molecule has 0 spiro atoms. The van der Waals surface area contributed by atoms with E-state index in [1.54, 1.807) is 34.1 Å². The first-order valence-electron chi connectivity index (χ1n) is 8.88. The molecule has 1 N–H and O–H groups in total. The number of benzene rings is 1. The van der Waals surface area contributed by atoms with Gasteiger partial charge in [0.1, 0.15) is 11.6 Å². The van der Waals surface area contributed by atoms with Crippen LogP contribution in [0, 0.1) is 12.8 Å². The van der Waals surface area contributed by atoms with E-state index in [9.17, 15) is 9.90 Å². The van der Waals surface area contributed by atoms with Gasteiger partial charge in [-0.3, -0.25) is 9.36 Å². The van der Waals surface area contributed by atoms with Crippen molar-refractivity contribution >= 4 is 11.3 Å². The second-order valence-electron chi connectivity index (χ2n) is 6.90. The summed E-state index contributed by atoms with van der Waals surface area (Å²) in [5, 5.41) is 12.3. The SMILES string of the molecule is Cc1nc(-c2ccccc2O)n(CCc2cccs2)c(=O)c1CC(C)C. The normalized spacial score (nSPS) is 11.2. The smallest absolute Gasteiger partial charge is 0.257 e. The molecular formula is C21H24N2O2S. The highest BCUT2D eigenvalue weighted by atomic mass is 32.1. The molecule has 0 unspecified atom stereocenters. The summed E-state index contributed by atoms with van der Waals surface area (Å²) in [5.74, 6) is 1.06. The molecule has 0 bridgehead atoms. The zero-order chi connectivity index (χ0) is 18.7. The highest BCUT2D eigenvalue weighted by Crippen LogP contribution is 2.27. The third kappa shape index (κ3) is 3.88. The Bertz CT molecular complexity index is 943. The van der Waals surface area contributed by atoms with Crippen molar-refractivity contribution in [3.63, 3.8) is 0 Å². The van der Waals surface area contributed by atoms with E-state index in [4.69, 9.17) is 4.98 Å². The van der Waals surface area contributed by atoms with Gasteiger partial charge in [-0.15, -0.1) is 11.3 Å². The van der Waals surface area contributed by atoms with Gasteiger partial charge >= 0.3 is 0 Å². The molecule has 136 valence electrons. The van der Waals surface area contributed by atoms with Crippen molar-refractivity contribution in [3.05, 3.63) is 68.3 Å². The van der Waals surface area contributed by atoms with E-state index >= 15 is 0 Å². The van der Waals surface area contributed by atoms with Crippen molar-refractivity contribution in [1.82, 2.24) is 9.55 Å². The Morgan fingerprint density at radius 2 is 1.96 bits per heavy atom. The quantitative estimate of drug-likeness (QED) is 0.700. The highest BCUT2D eigenvalue weighted by molar-refractivity contribution is 7.09. The number of hydrogen-bond acceptors (Lipinski definition) is 4. The number of aryl methyl sites for hydroxylation is 2. The number of phenols is 1. The van der Waals surface area contributed by atoms with E-state index in [1.165, 1.54) is 4.88 Å². The first-order chi connectivity index (χ1) is 12.5. The van der Waals surface area contributed by atoms with E-state index < -0.39 is 0 Å². The second-order valence-corrected chi connectivity index (χ2v) is 7.93. The zero-order valence-corrected chi connectivity index (χ0v) is 16.2. The van der Waals surface area contributed by atoms with Gasteiger partial charge in [0, 0.05) is 22.7 Å². The number of phenolic OH excluding ortho intramolecular Hbond substituents is 1. The van der Waals surface area contributed by atoms with Crippen LogP contribution >= 0.6 is 11.3 Å². The predicted octanol–water partition coefficient (Wildman–Crippen LogP) is 4.43. The summed E-state index contributed by atoms with van der Waals surface area (Å²) in [6, 6.07) is 11.1. The van der Waals surface area contributed by atoms with Crippen LogP contribution in [0.15, 0.2) is 46.6 Å². The molecule has 0 saturated carbocycles. The molecule has 1 aromatic carbocycles. The Morgan fingerprint density at radius 1 is 1.19 bits per heavy atom. The van der Waals surface area contributed by atoms with Gasteiger partial charge in [0.2, 0.25) is 0 Å². The molecule has 0 aliphatic heterocycles. The van der Waals surface area contributed by atoms with E-state index in [0.717, 1.165) is 17.7 Å². The zero-order valence-electron chi connectivity index (χ0n) is 15.4. The van der Waals surface area contributed by atoms with Crippen molar-refractivity contribution in [2.75, 3.05) is 0 Å². The summed E-state index contributed by atoms with van der Waals surface area (Å²) in [4.78, 5) is 19.2. The van der Waals surface area contributed by atoms with Crippen LogP contribution in [0.25, 0.3) is 11.4 Å². The Morgan fingerprint density at radius 3 is 2.62 bits per heavy atom. The molecule has 0 aliphatic rings. The first kappa shape index (κ1) is 18.4. The molecule has 4 nitrogen and oxygen atoms in total. The fraction of sp³-hybridized carbons (Fsp3) is 0.333. The fourth-order valence-electron chi connectivity index (χ4n) is 3.10. The molecule has 0 saturated heterocycles. The molecule has 0 amide bonds. The van der Waals surface area contributed by atoms with Crippen molar-refractivity contribution in [1.29, 1.82) is 0 Å². The van der Waals surface area contributed by atoms with Crippen molar-refractivity contribution in [2.45, 2.75) is 40.2 Å². The van der Waals surface area contributed by atoms with Gasteiger partial charge in [0.25, 0.3) is 5.56 Å². The maximum Gasteiger partial charge on any atom is 0.257 e. The average Bonchev–Trinajstić information content (AvgIpc) is 3.11. The van der Waals surface area contributed by atoms with Gasteiger partial charge in [0.05, 0.1) is 5.56 Å². The van der Waals surface area contributed by atoms with Crippen molar-refractivity contribution < 1.29 is 5.11 Å². The third-order valence-corrected chi connectivity index (χ3v) is 5.32. The second kappa shape index (κ2) is 7.87. The maximum atomic E-state index is 13.2. The van der Waals surface area contributed by atoms with Gasteiger partial charge in [-0.1, -0.05) is 32.0 Å². The van der Waals surface area contributed by atoms with Crippen LogP contribution in [0.4, 0.5) is 0 Å². The Labute approximate surface area is 157 Å². The number of aromatic hydroxyl groups is 1. The van der Waals surface area contributed by atoms with E-state index in [1.807, 2.05) is 24.4 Å². The minimum atomic E-state index is 0.000934. The predicted molar refractivity (Wildman–Crippen MR) is 107 cm³/mol. The minimum absolute atomic E-state index is 0.000934. The number of hydrogen-bond donors (Lipinski definition) is 1. The molecule has 2 heterocycles. The number of rotatable bonds is 6. The summed E-state index contributed by atoms with van der Waals surface area (Å²) in [6.45, 7) is 6.63. The van der Waals surface area contributed by atoms with Gasteiger partial charge in [0.15, 0.2) is 0 Å². The minimum Gasteiger partial charge on any atom is -0.507 e. The van der Waals surface area contributed by atoms with Crippen LogP contribution in [-0.2, 0) is 19.4 Å². The summed E-state index contributed by atoms with van der Waals surface area (Å²) in [6.07, 6.45) is 1.47. The van der Waals surface area contributed by atoms with Crippen LogP contribution in [0.5, 0.6) is 5.75 Å². The van der Waals surface area contributed by atoms with Crippen molar-refractivity contribution in [3.8, 4) is 17.1 Å². The highest BCUT2D eigenvalue weighted by Gasteiger charge is 2.18. The van der Waals surface area contributed by atoms with Crippen LogP contribution in [0.3, 0.4) is 0 Å². The molecular weight excluding hydrogens is 344 g/mol. The number of nitrogens with zero attached hydrogens (tertiary/aromatic N) is 2. The van der Waals surface area contributed by atoms with Crippen LogP contribution in [0.2, 0.25) is 0 Å². The lowest BCUT2D eigenvalue weighted by Gasteiger charge is -2.17. The van der Waals surface area contributed by atoms with Gasteiger partial charge < -0.3 is 5.11 Å². The van der Waals surface area contributed by atoms with Crippen LogP contribution in [0.1, 0.15) is 30.0 Å². The van der Waals surface area contributed by atoms with Gasteiger partial charge in [-0.2, -0.15) is 0 Å². The summed E-state index contributed by atoms with van der Waals surface area (Å²) < 4.78 is 1.72. The van der Waals surface area contributed by atoms with Crippen LogP contribution < -0.4 is 5.56 Å². The van der Waals surface area contributed by atoms with Gasteiger partial charge in [-0.05, 0) is 49.3 Å². The number of thiophene rings is 1. The lowest BCUT2D eigenvalue weighted by atomic mass is 10.0. The monoisotopic (exact) mass is 368 g/mol. The molecule has 5 heteroatoms. The Balaban J connectivity index is 2.12. The van der Waals surface area contributed by atoms with E-state index in [2.05, 4.69) is 19.9 Å². The standard InChI is InChI=1S/C21H24N2O2S/c1-14(2)13-18-15(3)22-20(17-8-4-5-9-19(17)24)23(21(18)25)11-10-16-7-6-12-26-16/h4-9,12,14,24H,10-11,13H2,1-3H3. The number of aromatic nitrogens is 2. The molecule has 3 aromatic rings. The maximum absolute atomic E-state index is 13.2.